The summed E-state index contributed by atoms with van der Waals surface area (Å²) in [5.74, 6) is -2.46. The number of carbonyl (C=O) groups excluding carboxylic acids is 3. The lowest BCUT2D eigenvalue weighted by molar-refractivity contribution is -0.163. The average molecular weight is 231 g/mol. The highest BCUT2D eigenvalue weighted by Gasteiger charge is 2.50. The summed E-state index contributed by atoms with van der Waals surface area (Å²) in [5, 5.41) is 0. The van der Waals surface area contributed by atoms with Crippen LogP contribution in [0.3, 0.4) is 0 Å². The normalized spacial score (nSPS) is 11.2. The van der Waals surface area contributed by atoms with Gasteiger partial charge in [0.15, 0.2) is 17.3 Å². The van der Waals surface area contributed by atoms with Crippen LogP contribution in [0.5, 0.6) is 0 Å². The molecule has 7 nitrogen and oxygen atoms in total. The zero-order valence-corrected chi connectivity index (χ0v) is 9.19. The molecule has 0 bridgehead atoms. The Balaban J connectivity index is 5.47. The fraction of sp³-hybridized carbons (Fsp3) is 0.667. The summed E-state index contributed by atoms with van der Waals surface area (Å²) < 4.78 is 5.00. The molecule has 0 heterocycles. The number of carbonyl (C=O) groups is 3. The van der Waals surface area contributed by atoms with Gasteiger partial charge < -0.3 is 21.9 Å². The minimum atomic E-state index is -2.22. The van der Waals surface area contributed by atoms with E-state index in [1.165, 1.54) is 0 Å². The van der Waals surface area contributed by atoms with E-state index in [2.05, 4.69) is 0 Å². The predicted octanol–water partition coefficient (Wildman–Crippen LogP) is -2.65. The molecule has 7 heteroatoms. The first-order valence-electron chi connectivity index (χ1n) is 4.85. The molecular weight excluding hydrogens is 214 g/mol. The highest BCUT2D eigenvalue weighted by atomic mass is 16.5. The van der Waals surface area contributed by atoms with Gasteiger partial charge in [-0.2, -0.15) is 0 Å². The summed E-state index contributed by atoms with van der Waals surface area (Å²) in [6, 6.07) is 0. The molecule has 0 saturated heterocycles. The van der Waals surface area contributed by atoms with E-state index < -0.39 is 42.6 Å². The van der Waals surface area contributed by atoms with E-state index in [0.29, 0.717) is 0 Å². The van der Waals surface area contributed by atoms with Crippen LogP contribution in [0, 0.1) is 0 Å². The van der Waals surface area contributed by atoms with Gasteiger partial charge in [0.25, 0.3) is 0 Å². The lowest BCUT2D eigenvalue weighted by atomic mass is 9.87. The van der Waals surface area contributed by atoms with Gasteiger partial charge in [0.05, 0.1) is 19.6 Å². The molecule has 0 rings (SSSR count). The van der Waals surface area contributed by atoms with Crippen molar-refractivity contribution in [3.8, 4) is 0 Å². The zero-order chi connectivity index (χ0) is 12.8. The Morgan fingerprint density at radius 2 is 1.25 bits per heavy atom. The van der Waals surface area contributed by atoms with Crippen molar-refractivity contribution in [3.63, 3.8) is 0 Å². The molecule has 0 aliphatic carbocycles. The van der Waals surface area contributed by atoms with E-state index in [0.717, 1.165) is 0 Å². The Hall–Kier alpha value is -1.15. The van der Waals surface area contributed by atoms with Gasteiger partial charge in [-0.25, -0.2) is 0 Å². The monoisotopic (exact) mass is 231 g/mol. The third-order valence-electron chi connectivity index (χ3n) is 2.10. The highest BCUT2D eigenvalue weighted by molar-refractivity contribution is 6.29. The fourth-order valence-electron chi connectivity index (χ4n) is 1.36. The van der Waals surface area contributed by atoms with Crippen molar-refractivity contribution in [2.45, 2.75) is 12.5 Å². The molecule has 0 radical (unpaired) electrons. The number of nitrogens with two attached hydrogens (primary N) is 3. The number of Topliss-reactive ketones (excluding diaryl/α,β-unsaturated/α-hetero) is 3. The van der Waals surface area contributed by atoms with Gasteiger partial charge in [0, 0.05) is 6.61 Å². The van der Waals surface area contributed by atoms with Crippen molar-refractivity contribution in [3.05, 3.63) is 0 Å². The van der Waals surface area contributed by atoms with E-state index in [-0.39, 0.29) is 6.61 Å². The van der Waals surface area contributed by atoms with Crippen LogP contribution in [0.15, 0.2) is 0 Å². The molecule has 0 amide bonds. The molecule has 0 aliphatic heterocycles. The van der Waals surface area contributed by atoms with Crippen LogP contribution in [-0.4, -0.2) is 49.2 Å². The number of hydrogen-bond acceptors (Lipinski definition) is 7. The van der Waals surface area contributed by atoms with Crippen LogP contribution < -0.4 is 17.2 Å². The van der Waals surface area contributed by atoms with Crippen molar-refractivity contribution in [2.75, 3.05) is 26.2 Å². The Morgan fingerprint density at radius 1 is 0.938 bits per heavy atom. The summed E-state index contributed by atoms with van der Waals surface area (Å²) >= 11 is 0. The molecule has 0 atom stereocenters. The van der Waals surface area contributed by atoms with E-state index >= 15 is 0 Å². The molecule has 0 aromatic carbocycles. The van der Waals surface area contributed by atoms with Crippen LogP contribution in [0.1, 0.15) is 6.92 Å². The standard InChI is InChI=1S/C9H17N3O4/c1-2-16-9(6(13)3-10,7(14)4-11)8(15)5-12/h2-5,10-12H2,1H3. The van der Waals surface area contributed by atoms with Gasteiger partial charge >= 0.3 is 0 Å². The number of ether oxygens (including phenoxy) is 1. The molecule has 92 valence electrons. The minimum absolute atomic E-state index is 0.00319. The molecule has 0 fully saturated rings. The maximum atomic E-state index is 11.6. The molecule has 0 spiro atoms. The lowest BCUT2D eigenvalue weighted by Gasteiger charge is -2.27. The number of ketones is 3. The molecule has 0 aromatic heterocycles. The van der Waals surface area contributed by atoms with Crippen LogP contribution >= 0.6 is 0 Å². The Labute approximate surface area is 93.3 Å². The summed E-state index contributed by atoms with van der Waals surface area (Å²) in [6.45, 7) is 0.0851. The highest BCUT2D eigenvalue weighted by Crippen LogP contribution is 2.15. The molecule has 0 saturated carbocycles. The van der Waals surface area contributed by atoms with Crippen molar-refractivity contribution in [2.24, 2.45) is 17.2 Å². The van der Waals surface area contributed by atoms with E-state index in [1.54, 1.807) is 6.92 Å². The molecular formula is C9H17N3O4. The van der Waals surface area contributed by atoms with Crippen LogP contribution in [0.2, 0.25) is 0 Å². The summed E-state index contributed by atoms with van der Waals surface area (Å²) in [7, 11) is 0. The Bertz CT molecular complexity index is 250. The van der Waals surface area contributed by atoms with Crippen LogP contribution in [-0.2, 0) is 19.1 Å². The van der Waals surface area contributed by atoms with Crippen molar-refractivity contribution in [1.82, 2.24) is 0 Å². The third kappa shape index (κ3) is 2.50. The first-order valence-corrected chi connectivity index (χ1v) is 4.85. The van der Waals surface area contributed by atoms with Crippen LogP contribution in [0.4, 0.5) is 0 Å². The smallest absolute Gasteiger partial charge is 0.246 e. The van der Waals surface area contributed by atoms with Gasteiger partial charge in [-0.15, -0.1) is 0 Å². The van der Waals surface area contributed by atoms with Gasteiger partial charge in [-0.3, -0.25) is 14.4 Å². The number of hydrogen-bond donors (Lipinski definition) is 3. The SMILES string of the molecule is CCOC(C(=O)CN)(C(=O)CN)C(=O)CN. The second-order valence-corrected chi connectivity index (χ2v) is 3.00. The lowest BCUT2D eigenvalue weighted by Crippen LogP contribution is -2.61. The summed E-state index contributed by atoms with van der Waals surface area (Å²) in [4.78, 5) is 34.9. The quantitative estimate of drug-likeness (QED) is 0.387. The van der Waals surface area contributed by atoms with E-state index in [4.69, 9.17) is 21.9 Å². The van der Waals surface area contributed by atoms with E-state index in [1.807, 2.05) is 0 Å². The van der Waals surface area contributed by atoms with Gasteiger partial charge in [-0.05, 0) is 6.92 Å². The molecule has 6 N–H and O–H groups in total. The molecule has 0 aliphatic rings. The maximum absolute atomic E-state index is 11.6. The minimum Gasteiger partial charge on any atom is -0.353 e. The second kappa shape index (κ2) is 6.44. The summed E-state index contributed by atoms with van der Waals surface area (Å²) in [5.41, 5.74) is 13.3. The first-order chi connectivity index (χ1) is 7.50. The topological polar surface area (TPSA) is 138 Å². The van der Waals surface area contributed by atoms with Gasteiger partial charge in [0.2, 0.25) is 5.60 Å². The van der Waals surface area contributed by atoms with Gasteiger partial charge in [-0.1, -0.05) is 0 Å². The summed E-state index contributed by atoms with van der Waals surface area (Å²) in [6.07, 6.45) is 0. The van der Waals surface area contributed by atoms with Crippen molar-refractivity contribution in [1.29, 1.82) is 0 Å². The molecule has 0 aromatic rings. The average Bonchev–Trinajstić information content (AvgIpc) is 2.32. The molecule has 16 heavy (non-hydrogen) atoms. The zero-order valence-electron chi connectivity index (χ0n) is 9.19. The first kappa shape index (κ1) is 14.8. The second-order valence-electron chi connectivity index (χ2n) is 3.00. The van der Waals surface area contributed by atoms with E-state index in [9.17, 15) is 14.4 Å². The Kier molecular flexibility index (Phi) is 5.97. The largest absolute Gasteiger partial charge is 0.353 e. The number of rotatable bonds is 8. The predicted molar refractivity (Wildman–Crippen MR) is 56.5 cm³/mol. The third-order valence-corrected chi connectivity index (χ3v) is 2.10. The fourth-order valence-corrected chi connectivity index (χ4v) is 1.36. The van der Waals surface area contributed by atoms with Crippen LogP contribution in [0.25, 0.3) is 0 Å². The van der Waals surface area contributed by atoms with Gasteiger partial charge in [0.1, 0.15) is 0 Å². The van der Waals surface area contributed by atoms with Crippen molar-refractivity contribution < 1.29 is 19.1 Å². The van der Waals surface area contributed by atoms with Crippen molar-refractivity contribution >= 4 is 17.3 Å². The molecule has 0 unspecified atom stereocenters. The Morgan fingerprint density at radius 3 is 1.44 bits per heavy atom. The maximum Gasteiger partial charge on any atom is 0.246 e.